The topological polar surface area (TPSA) is 70.8 Å². The van der Waals surface area contributed by atoms with E-state index in [1.54, 1.807) is 20.3 Å². The van der Waals surface area contributed by atoms with Crippen molar-refractivity contribution in [1.29, 1.82) is 0 Å². The van der Waals surface area contributed by atoms with Crippen LogP contribution in [0.15, 0.2) is 18.2 Å². The Morgan fingerprint density at radius 3 is 2.18 bits per heavy atom. The number of hydrogen-bond acceptors (Lipinski definition) is 4. The van der Waals surface area contributed by atoms with Crippen LogP contribution in [0.5, 0.6) is 11.5 Å². The highest BCUT2D eigenvalue weighted by Gasteiger charge is 2.11. The molecule has 0 spiro atoms. The van der Waals surface area contributed by atoms with Crippen LogP contribution in [0.2, 0.25) is 0 Å². The fourth-order valence-corrected chi connectivity index (χ4v) is 1.42. The maximum atomic E-state index is 10.5. The molecule has 5 nitrogen and oxygen atoms in total. The van der Waals surface area contributed by atoms with Gasteiger partial charge in [0.2, 0.25) is 0 Å². The van der Waals surface area contributed by atoms with Gasteiger partial charge in [0.15, 0.2) is 0 Å². The third-order valence-corrected chi connectivity index (χ3v) is 2.42. The van der Waals surface area contributed by atoms with Crippen LogP contribution in [0.25, 0.3) is 0 Å². The van der Waals surface area contributed by atoms with Crippen LogP contribution in [0.3, 0.4) is 0 Å². The zero-order valence-electron chi connectivity index (χ0n) is 10.2. The Kier molecular flexibility index (Phi) is 4.63. The van der Waals surface area contributed by atoms with Crippen molar-refractivity contribution < 1.29 is 19.0 Å². The lowest BCUT2D eigenvalue weighted by Gasteiger charge is -2.14. The van der Waals surface area contributed by atoms with Crippen molar-refractivity contribution in [2.75, 3.05) is 20.8 Å². The Balaban J connectivity index is 2.84. The lowest BCUT2D eigenvalue weighted by Crippen LogP contribution is -2.16. The molecule has 0 bridgehead atoms. The van der Waals surface area contributed by atoms with Gasteiger partial charge in [-0.3, -0.25) is 0 Å². The van der Waals surface area contributed by atoms with E-state index in [1.807, 2.05) is 19.1 Å². The van der Waals surface area contributed by atoms with Gasteiger partial charge in [0.05, 0.1) is 20.8 Å². The molecular weight excluding hydrogens is 222 g/mol. The Labute approximate surface area is 100 Å². The number of nitrogens with two attached hydrogens (primary N) is 1. The molecule has 5 heteroatoms. The van der Waals surface area contributed by atoms with Gasteiger partial charge in [-0.15, -0.1) is 0 Å². The van der Waals surface area contributed by atoms with Crippen LogP contribution >= 0.6 is 0 Å². The van der Waals surface area contributed by atoms with E-state index >= 15 is 0 Å². The van der Waals surface area contributed by atoms with E-state index in [2.05, 4.69) is 0 Å². The molecule has 1 rings (SSSR count). The Morgan fingerprint density at radius 1 is 1.24 bits per heavy atom. The molecule has 0 aliphatic heterocycles. The minimum atomic E-state index is -0.772. The molecule has 1 aromatic carbocycles. The van der Waals surface area contributed by atoms with Gasteiger partial charge in [-0.2, -0.15) is 0 Å². The zero-order chi connectivity index (χ0) is 12.8. The molecule has 2 N–H and O–H groups in total. The summed E-state index contributed by atoms with van der Waals surface area (Å²) in [5, 5.41) is 0. The second kappa shape index (κ2) is 5.98. The number of ether oxygens (including phenoxy) is 3. The van der Waals surface area contributed by atoms with Gasteiger partial charge in [-0.1, -0.05) is 6.92 Å². The fraction of sp³-hybridized carbons (Fsp3) is 0.417. The van der Waals surface area contributed by atoms with Crippen LogP contribution in [0.1, 0.15) is 18.4 Å². The molecule has 1 amide bonds. The number of benzene rings is 1. The molecule has 1 unspecified atom stereocenters. The first-order valence-corrected chi connectivity index (χ1v) is 5.22. The Hall–Kier alpha value is -1.91. The van der Waals surface area contributed by atoms with Crippen molar-refractivity contribution in [3.05, 3.63) is 23.8 Å². The summed E-state index contributed by atoms with van der Waals surface area (Å²) in [4.78, 5) is 10.5. The van der Waals surface area contributed by atoms with Crippen LogP contribution in [0, 0.1) is 0 Å². The molecule has 0 aliphatic rings. The summed E-state index contributed by atoms with van der Waals surface area (Å²) < 4.78 is 15.1. The van der Waals surface area contributed by atoms with Gasteiger partial charge in [0.25, 0.3) is 0 Å². The second-order valence-electron chi connectivity index (χ2n) is 3.68. The highest BCUT2D eigenvalue weighted by atomic mass is 16.5. The van der Waals surface area contributed by atoms with E-state index in [0.29, 0.717) is 11.5 Å². The number of carbonyl (C=O) groups is 1. The number of hydrogen-bond donors (Lipinski definition) is 1. The first-order chi connectivity index (χ1) is 8.06. The van der Waals surface area contributed by atoms with Crippen LogP contribution in [0.4, 0.5) is 4.79 Å². The normalized spacial score (nSPS) is 11.7. The molecule has 1 atom stereocenters. The average Bonchev–Trinajstić information content (AvgIpc) is 2.34. The maximum absolute atomic E-state index is 10.5. The van der Waals surface area contributed by atoms with Gasteiger partial charge in [0, 0.05) is 12.0 Å². The first-order valence-electron chi connectivity index (χ1n) is 5.22. The van der Waals surface area contributed by atoms with Gasteiger partial charge < -0.3 is 19.9 Å². The summed E-state index contributed by atoms with van der Waals surface area (Å²) in [7, 11) is 3.17. The first kappa shape index (κ1) is 13.2. The predicted molar refractivity (Wildman–Crippen MR) is 63.5 cm³/mol. The summed E-state index contributed by atoms with van der Waals surface area (Å²) in [5.41, 5.74) is 5.88. The molecule has 17 heavy (non-hydrogen) atoms. The number of rotatable bonds is 5. The number of methoxy groups -OCH3 is 2. The maximum Gasteiger partial charge on any atom is 0.404 e. The van der Waals surface area contributed by atoms with Crippen molar-refractivity contribution >= 4 is 6.09 Å². The lowest BCUT2D eigenvalue weighted by molar-refractivity contribution is 0.151. The van der Waals surface area contributed by atoms with E-state index in [1.165, 1.54) is 0 Å². The highest BCUT2D eigenvalue weighted by molar-refractivity contribution is 5.64. The monoisotopic (exact) mass is 239 g/mol. The van der Waals surface area contributed by atoms with Crippen LogP contribution < -0.4 is 15.2 Å². The SMILES string of the molecule is COc1cc(OC)cc(C(C)COC(N)=O)c1. The Morgan fingerprint density at radius 2 is 1.76 bits per heavy atom. The molecule has 0 saturated heterocycles. The summed E-state index contributed by atoms with van der Waals surface area (Å²) in [6, 6.07) is 5.53. The number of amides is 1. The van der Waals surface area contributed by atoms with Crippen molar-refractivity contribution in [2.45, 2.75) is 12.8 Å². The van der Waals surface area contributed by atoms with E-state index < -0.39 is 6.09 Å². The number of carbonyl (C=O) groups excluding carboxylic acids is 1. The van der Waals surface area contributed by atoms with Crippen molar-refractivity contribution in [3.8, 4) is 11.5 Å². The van der Waals surface area contributed by atoms with Gasteiger partial charge in [0.1, 0.15) is 11.5 Å². The molecule has 0 fully saturated rings. The fourth-order valence-electron chi connectivity index (χ4n) is 1.42. The zero-order valence-corrected chi connectivity index (χ0v) is 10.2. The van der Waals surface area contributed by atoms with Gasteiger partial charge >= 0.3 is 6.09 Å². The lowest BCUT2D eigenvalue weighted by atomic mass is 10.0. The number of primary amides is 1. The molecule has 94 valence electrons. The summed E-state index contributed by atoms with van der Waals surface area (Å²) >= 11 is 0. The van der Waals surface area contributed by atoms with Gasteiger partial charge in [-0.05, 0) is 17.7 Å². The van der Waals surface area contributed by atoms with E-state index in [4.69, 9.17) is 19.9 Å². The van der Waals surface area contributed by atoms with E-state index in [-0.39, 0.29) is 12.5 Å². The van der Waals surface area contributed by atoms with Crippen LogP contribution in [-0.4, -0.2) is 26.9 Å². The second-order valence-corrected chi connectivity index (χ2v) is 3.68. The highest BCUT2D eigenvalue weighted by Crippen LogP contribution is 2.27. The quantitative estimate of drug-likeness (QED) is 0.851. The Bertz CT molecular complexity index is 370. The smallest absolute Gasteiger partial charge is 0.404 e. The molecule has 1 aromatic rings. The molecule has 0 radical (unpaired) electrons. The third kappa shape index (κ3) is 3.86. The predicted octanol–water partition coefficient (Wildman–Crippen LogP) is 1.90. The summed E-state index contributed by atoms with van der Waals surface area (Å²) in [6.45, 7) is 2.16. The van der Waals surface area contributed by atoms with Crippen molar-refractivity contribution in [2.24, 2.45) is 5.73 Å². The molecule has 0 saturated carbocycles. The molecule has 0 aromatic heterocycles. The largest absolute Gasteiger partial charge is 0.497 e. The summed E-state index contributed by atoms with van der Waals surface area (Å²) in [5.74, 6) is 1.42. The third-order valence-electron chi connectivity index (χ3n) is 2.42. The molecule has 0 aliphatic carbocycles. The molecular formula is C12H17NO4. The average molecular weight is 239 g/mol. The van der Waals surface area contributed by atoms with Crippen LogP contribution in [-0.2, 0) is 4.74 Å². The van der Waals surface area contributed by atoms with E-state index in [9.17, 15) is 4.79 Å². The minimum Gasteiger partial charge on any atom is -0.497 e. The molecule has 0 heterocycles. The standard InChI is InChI=1S/C12H17NO4/c1-8(7-17-12(13)14)9-4-10(15-2)6-11(5-9)16-3/h4-6,8H,7H2,1-3H3,(H2,13,14). The summed E-state index contributed by atoms with van der Waals surface area (Å²) in [6.07, 6.45) is -0.772. The minimum absolute atomic E-state index is 0.0199. The van der Waals surface area contributed by atoms with Crippen molar-refractivity contribution in [3.63, 3.8) is 0 Å². The van der Waals surface area contributed by atoms with Crippen molar-refractivity contribution in [1.82, 2.24) is 0 Å². The van der Waals surface area contributed by atoms with Gasteiger partial charge in [-0.25, -0.2) is 4.79 Å². The van der Waals surface area contributed by atoms with E-state index in [0.717, 1.165) is 5.56 Å².